The molecule has 0 aliphatic rings. The first-order chi connectivity index (χ1) is 10.1. The molecule has 0 atom stereocenters. The number of hydrogen-bond acceptors (Lipinski definition) is 6. The largest absolute Gasteiger partial charge is 0.519 e. The summed E-state index contributed by atoms with van der Waals surface area (Å²) >= 11 is 0. The van der Waals surface area contributed by atoms with Gasteiger partial charge in [-0.05, 0) is 24.3 Å². The second-order valence-corrected chi connectivity index (χ2v) is 3.98. The van der Waals surface area contributed by atoms with Crippen LogP contribution in [-0.2, 0) is 4.74 Å². The van der Waals surface area contributed by atoms with Crippen LogP contribution in [0.5, 0.6) is 11.5 Å². The van der Waals surface area contributed by atoms with Gasteiger partial charge in [-0.3, -0.25) is 0 Å². The van der Waals surface area contributed by atoms with E-state index in [1.165, 1.54) is 19.2 Å². The Morgan fingerprint density at radius 3 is 2.33 bits per heavy atom. The van der Waals surface area contributed by atoms with Gasteiger partial charge in [0.1, 0.15) is 11.3 Å². The Balaban J connectivity index is 2.19. The number of benzene rings is 2. The quantitative estimate of drug-likeness (QED) is 0.530. The van der Waals surface area contributed by atoms with Crippen LogP contribution in [0.1, 0.15) is 10.4 Å². The van der Waals surface area contributed by atoms with Crippen LogP contribution >= 0.6 is 0 Å². The standard InChI is InChI=1S/C15H13NO5/c1-19-14(17)11-8-5-9-12(16)13(11)21-15(18)20-10-6-3-2-4-7-10/h2-9H,16H2,1H3. The van der Waals surface area contributed by atoms with Crippen LogP contribution in [0.2, 0.25) is 0 Å². The molecule has 6 nitrogen and oxygen atoms in total. The predicted octanol–water partition coefficient (Wildman–Crippen LogP) is 2.63. The lowest BCUT2D eigenvalue weighted by Crippen LogP contribution is -2.17. The molecule has 0 bridgehead atoms. The zero-order valence-electron chi connectivity index (χ0n) is 11.2. The fourth-order valence-electron chi connectivity index (χ4n) is 1.63. The van der Waals surface area contributed by atoms with Crippen molar-refractivity contribution in [1.29, 1.82) is 0 Å². The summed E-state index contributed by atoms with van der Waals surface area (Å²) in [4.78, 5) is 23.4. The minimum atomic E-state index is -0.996. The molecule has 21 heavy (non-hydrogen) atoms. The predicted molar refractivity (Wildman–Crippen MR) is 75.3 cm³/mol. The highest BCUT2D eigenvalue weighted by Crippen LogP contribution is 2.27. The third-order valence-corrected chi connectivity index (χ3v) is 2.58. The molecular formula is C15H13NO5. The molecule has 0 aromatic heterocycles. The minimum Gasteiger partial charge on any atom is -0.465 e. The molecule has 6 heteroatoms. The van der Waals surface area contributed by atoms with E-state index in [-0.39, 0.29) is 17.0 Å². The second-order valence-electron chi connectivity index (χ2n) is 3.98. The van der Waals surface area contributed by atoms with E-state index >= 15 is 0 Å². The Hall–Kier alpha value is -3.02. The molecule has 0 amide bonds. The van der Waals surface area contributed by atoms with Gasteiger partial charge in [0, 0.05) is 0 Å². The van der Waals surface area contributed by atoms with Gasteiger partial charge in [0.25, 0.3) is 0 Å². The summed E-state index contributed by atoms with van der Waals surface area (Å²) < 4.78 is 14.6. The Morgan fingerprint density at radius 2 is 1.67 bits per heavy atom. The third kappa shape index (κ3) is 3.50. The number of esters is 1. The number of ether oxygens (including phenoxy) is 3. The SMILES string of the molecule is COC(=O)c1cccc(N)c1OC(=O)Oc1ccccc1. The van der Waals surface area contributed by atoms with Gasteiger partial charge >= 0.3 is 12.1 Å². The van der Waals surface area contributed by atoms with Gasteiger partial charge in [0.05, 0.1) is 12.8 Å². The van der Waals surface area contributed by atoms with Gasteiger partial charge < -0.3 is 19.9 Å². The highest BCUT2D eigenvalue weighted by molar-refractivity contribution is 5.95. The fraction of sp³-hybridized carbons (Fsp3) is 0.0667. The number of nitrogens with two attached hydrogens (primary N) is 1. The number of nitrogen functional groups attached to an aromatic ring is 1. The number of carbonyl (C=O) groups excluding carboxylic acids is 2. The lowest BCUT2D eigenvalue weighted by Gasteiger charge is -2.11. The Morgan fingerprint density at radius 1 is 0.952 bits per heavy atom. The molecule has 0 fully saturated rings. The summed E-state index contributed by atoms with van der Waals surface area (Å²) in [5, 5.41) is 0. The smallest absolute Gasteiger partial charge is 0.465 e. The minimum absolute atomic E-state index is 0.0440. The Kier molecular flexibility index (Phi) is 4.40. The summed E-state index contributed by atoms with van der Waals surface area (Å²) in [7, 11) is 1.22. The zero-order valence-corrected chi connectivity index (χ0v) is 11.2. The first kappa shape index (κ1) is 14.4. The van der Waals surface area contributed by atoms with Crippen molar-refractivity contribution < 1.29 is 23.8 Å². The van der Waals surface area contributed by atoms with Crippen LogP contribution in [0.15, 0.2) is 48.5 Å². The van der Waals surface area contributed by atoms with E-state index in [2.05, 4.69) is 4.74 Å². The van der Waals surface area contributed by atoms with Gasteiger partial charge in [-0.15, -0.1) is 0 Å². The summed E-state index contributed by atoms with van der Waals surface area (Å²) in [5.74, 6) is -0.438. The molecule has 2 aromatic carbocycles. The zero-order chi connectivity index (χ0) is 15.2. The van der Waals surface area contributed by atoms with E-state index in [1.54, 1.807) is 36.4 Å². The summed E-state index contributed by atoms with van der Waals surface area (Å²) in [6.45, 7) is 0. The highest BCUT2D eigenvalue weighted by atomic mass is 16.7. The van der Waals surface area contributed by atoms with Crippen molar-refractivity contribution in [2.75, 3.05) is 12.8 Å². The maximum absolute atomic E-state index is 11.7. The van der Waals surface area contributed by atoms with Crippen LogP contribution in [0.4, 0.5) is 10.5 Å². The maximum atomic E-state index is 11.7. The topological polar surface area (TPSA) is 87.9 Å². The molecule has 0 radical (unpaired) electrons. The number of anilines is 1. The van der Waals surface area contributed by atoms with Crippen LogP contribution in [0, 0.1) is 0 Å². The average Bonchev–Trinajstić information content (AvgIpc) is 2.49. The molecule has 2 aromatic rings. The lowest BCUT2D eigenvalue weighted by atomic mass is 10.2. The van der Waals surface area contributed by atoms with E-state index < -0.39 is 12.1 Å². The fourth-order valence-corrected chi connectivity index (χ4v) is 1.63. The molecule has 0 aliphatic carbocycles. The van der Waals surface area contributed by atoms with Gasteiger partial charge in [-0.2, -0.15) is 0 Å². The van der Waals surface area contributed by atoms with Crippen LogP contribution in [0.25, 0.3) is 0 Å². The number of methoxy groups -OCH3 is 1. The summed E-state index contributed by atoms with van der Waals surface area (Å²) in [5.41, 5.74) is 5.89. The molecule has 0 aliphatic heterocycles. The van der Waals surface area contributed by atoms with Crippen molar-refractivity contribution >= 4 is 17.8 Å². The molecule has 108 valence electrons. The monoisotopic (exact) mass is 287 g/mol. The normalized spacial score (nSPS) is 9.76. The third-order valence-electron chi connectivity index (χ3n) is 2.58. The molecule has 0 heterocycles. The molecule has 2 N–H and O–H groups in total. The van der Waals surface area contributed by atoms with Crippen molar-refractivity contribution in [2.45, 2.75) is 0 Å². The molecule has 0 saturated carbocycles. The van der Waals surface area contributed by atoms with Crippen molar-refractivity contribution in [3.63, 3.8) is 0 Å². The van der Waals surface area contributed by atoms with Crippen LogP contribution in [-0.4, -0.2) is 19.2 Å². The Bertz CT molecular complexity index is 654. The van der Waals surface area contributed by atoms with Gasteiger partial charge in [-0.1, -0.05) is 24.3 Å². The van der Waals surface area contributed by atoms with Crippen molar-refractivity contribution in [3.8, 4) is 11.5 Å². The maximum Gasteiger partial charge on any atom is 0.519 e. The van der Waals surface area contributed by atoms with Crippen LogP contribution < -0.4 is 15.2 Å². The first-order valence-electron chi connectivity index (χ1n) is 6.03. The lowest BCUT2D eigenvalue weighted by molar-refractivity contribution is 0.0597. The van der Waals surface area contributed by atoms with Crippen molar-refractivity contribution in [1.82, 2.24) is 0 Å². The first-order valence-corrected chi connectivity index (χ1v) is 6.03. The molecular weight excluding hydrogens is 274 g/mol. The molecule has 0 saturated heterocycles. The van der Waals surface area contributed by atoms with Crippen LogP contribution in [0.3, 0.4) is 0 Å². The van der Waals surface area contributed by atoms with Gasteiger partial charge in [0.2, 0.25) is 0 Å². The highest BCUT2D eigenvalue weighted by Gasteiger charge is 2.19. The number of para-hydroxylation sites is 2. The Labute approximate surface area is 121 Å². The second kappa shape index (κ2) is 6.42. The van der Waals surface area contributed by atoms with E-state index in [9.17, 15) is 9.59 Å². The van der Waals surface area contributed by atoms with Gasteiger partial charge in [-0.25, -0.2) is 9.59 Å². The number of carbonyl (C=O) groups is 2. The summed E-state index contributed by atoms with van der Waals surface area (Å²) in [6, 6.07) is 12.9. The number of hydrogen-bond donors (Lipinski definition) is 1. The molecule has 0 spiro atoms. The average molecular weight is 287 g/mol. The number of rotatable bonds is 3. The van der Waals surface area contributed by atoms with E-state index in [0.717, 1.165) is 0 Å². The van der Waals surface area contributed by atoms with Crippen molar-refractivity contribution in [3.05, 3.63) is 54.1 Å². The van der Waals surface area contributed by atoms with Gasteiger partial charge in [0.15, 0.2) is 5.75 Å². The van der Waals surface area contributed by atoms with E-state index in [1.807, 2.05) is 0 Å². The van der Waals surface area contributed by atoms with E-state index in [0.29, 0.717) is 5.75 Å². The molecule has 0 unspecified atom stereocenters. The van der Waals surface area contributed by atoms with Crippen molar-refractivity contribution in [2.24, 2.45) is 0 Å². The molecule has 2 rings (SSSR count). The summed E-state index contributed by atoms with van der Waals surface area (Å²) in [6.07, 6.45) is -0.996. The van der Waals surface area contributed by atoms with E-state index in [4.69, 9.17) is 15.2 Å².